The first-order valence-corrected chi connectivity index (χ1v) is 9.09. The van der Waals surface area contributed by atoms with Crippen LogP contribution in [0, 0.1) is 0 Å². The molecule has 1 aliphatic rings. The van der Waals surface area contributed by atoms with Gasteiger partial charge in [0.25, 0.3) is 0 Å². The van der Waals surface area contributed by atoms with Gasteiger partial charge in [0.05, 0.1) is 12.7 Å². The molecule has 0 amide bonds. The van der Waals surface area contributed by atoms with Gasteiger partial charge in [-0.05, 0) is 31.9 Å². The van der Waals surface area contributed by atoms with E-state index in [0.29, 0.717) is 6.10 Å². The van der Waals surface area contributed by atoms with Gasteiger partial charge in [0, 0.05) is 16.2 Å². The van der Waals surface area contributed by atoms with Crippen molar-refractivity contribution in [1.82, 2.24) is 0 Å². The zero-order valence-corrected chi connectivity index (χ0v) is 13.8. The molecular weight excluding hydrogens is 280 g/mol. The molecule has 1 aliphatic carbocycles. The molecule has 0 bridgehead atoms. The van der Waals surface area contributed by atoms with E-state index in [1.54, 1.807) is 18.7 Å². The maximum Gasteiger partial charge on any atom is 0.159 e. The topological polar surface area (TPSA) is 26.3 Å². The molecule has 0 heterocycles. The summed E-state index contributed by atoms with van der Waals surface area (Å²) in [5.74, 6) is 1.11. The lowest BCUT2D eigenvalue weighted by Crippen LogP contribution is -2.16. The minimum atomic E-state index is 0.124. The van der Waals surface area contributed by atoms with Crippen molar-refractivity contribution in [2.75, 3.05) is 12.4 Å². The quantitative estimate of drug-likeness (QED) is 0.415. The number of carbonyl (C=O) groups is 1. The van der Waals surface area contributed by atoms with Crippen LogP contribution in [0.15, 0.2) is 29.2 Å². The third-order valence-electron chi connectivity index (χ3n) is 4.02. The zero-order valence-electron chi connectivity index (χ0n) is 13.0. The van der Waals surface area contributed by atoms with Gasteiger partial charge in [0.15, 0.2) is 5.78 Å². The largest absolute Gasteiger partial charge is 0.377 e. The highest BCUT2D eigenvalue weighted by molar-refractivity contribution is 7.99. The van der Waals surface area contributed by atoms with Gasteiger partial charge in [0.1, 0.15) is 0 Å². The summed E-state index contributed by atoms with van der Waals surface area (Å²) in [6, 6.07) is 7.86. The molecule has 0 aliphatic heterocycles. The van der Waals surface area contributed by atoms with E-state index in [9.17, 15) is 4.79 Å². The Kier molecular flexibility index (Phi) is 7.31. The molecule has 116 valence electrons. The van der Waals surface area contributed by atoms with E-state index in [0.717, 1.165) is 17.9 Å². The lowest BCUT2D eigenvalue weighted by molar-refractivity contribution is 0.0459. The van der Waals surface area contributed by atoms with Crippen LogP contribution in [0.2, 0.25) is 0 Å². The number of ketones is 1. The number of hydrogen-bond donors (Lipinski definition) is 0. The Balaban J connectivity index is 1.65. The normalized spacial score (nSPS) is 17.2. The van der Waals surface area contributed by atoms with E-state index >= 15 is 0 Å². The Labute approximate surface area is 132 Å². The van der Waals surface area contributed by atoms with Crippen molar-refractivity contribution in [1.29, 1.82) is 0 Å². The van der Waals surface area contributed by atoms with Crippen molar-refractivity contribution < 1.29 is 9.53 Å². The summed E-state index contributed by atoms with van der Waals surface area (Å²) in [6.45, 7) is 2.43. The first-order chi connectivity index (χ1) is 10.3. The van der Waals surface area contributed by atoms with Crippen LogP contribution >= 0.6 is 11.8 Å². The van der Waals surface area contributed by atoms with Crippen LogP contribution in [0.1, 0.15) is 62.2 Å². The molecule has 0 spiro atoms. The van der Waals surface area contributed by atoms with Crippen LogP contribution in [0.25, 0.3) is 0 Å². The molecule has 0 atom stereocenters. The van der Waals surface area contributed by atoms with E-state index in [1.165, 1.54) is 49.8 Å². The standard InChI is InChI=1S/C18H26O2S/c1-15(19)16-9-11-18(12-10-16)21-14-13-20-17-7-5-3-2-4-6-8-17/h9-12,17H,2-8,13-14H2,1H3. The minimum absolute atomic E-state index is 0.124. The van der Waals surface area contributed by atoms with Crippen molar-refractivity contribution in [2.24, 2.45) is 0 Å². The monoisotopic (exact) mass is 306 g/mol. The molecule has 1 saturated carbocycles. The lowest BCUT2D eigenvalue weighted by atomic mass is 9.99. The Morgan fingerprint density at radius 3 is 2.33 bits per heavy atom. The van der Waals surface area contributed by atoms with Gasteiger partial charge in [-0.15, -0.1) is 11.8 Å². The number of ether oxygens (including phenoxy) is 1. The fraction of sp³-hybridized carbons (Fsp3) is 0.611. The molecule has 3 heteroatoms. The zero-order chi connectivity index (χ0) is 14.9. The maximum absolute atomic E-state index is 11.2. The summed E-state index contributed by atoms with van der Waals surface area (Å²) in [6.07, 6.45) is 9.74. The summed E-state index contributed by atoms with van der Waals surface area (Å²) < 4.78 is 6.03. The van der Waals surface area contributed by atoms with Crippen molar-refractivity contribution in [2.45, 2.75) is 62.9 Å². The first-order valence-electron chi connectivity index (χ1n) is 8.11. The number of carbonyl (C=O) groups excluding carboxylic acids is 1. The third-order valence-corrected chi connectivity index (χ3v) is 4.99. The smallest absolute Gasteiger partial charge is 0.159 e. The number of rotatable bonds is 6. The predicted octanol–water partition coefficient (Wildman–Crippen LogP) is 5.11. The second kappa shape index (κ2) is 9.26. The minimum Gasteiger partial charge on any atom is -0.377 e. The van der Waals surface area contributed by atoms with Gasteiger partial charge in [-0.1, -0.05) is 44.2 Å². The molecule has 0 unspecified atom stereocenters. The predicted molar refractivity (Wildman–Crippen MR) is 89.2 cm³/mol. The summed E-state index contributed by atoms with van der Waals surface area (Å²) in [5, 5.41) is 0. The van der Waals surface area contributed by atoms with Crippen LogP contribution in [0.5, 0.6) is 0 Å². The van der Waals surface area contributed by atoms with E-state index in [2.05, 4.69) is 0 Å². The summed E-state index contributed by atoms with van der Waals surface area (Å²) >= 11 is 1.80. The number of Topliss-reactive ketones (excluding diaryl/α,β-unsaturated/α-hetero) is 1. The third kappa shape index (κ3) is 6.23. The Hall–Kier alpha value is -0.800. The Bertz CT molecular complexity index is 419. The molecule has 0 aromatic heterocycles. The molecule has 21 heavy (non-hydrogen) atoms. The maximum atomic E-state index is 11.2. The Morgan fingerprint density at radius 1 is 1.10 bits per heavy atom. The summed E-state index contributed by atoms with van der Waals surface area (Å²) in [5.41, 5.74) is 0.783. The van der Waals surface area contributed by atoms with Crippen LogP contribution < -0.4 is 0 Å². The average molecular weight is 306 g/mol. The molecule has 0 N–H and O–H groups in total. The number of benzene rings is 1. The van der Waals surface area contributed by atoms with Gasteiger partial charge in [-0.2, -0.15) is 0 Å². The molecule has 2 rings (SSSR count). The van der Waals surface area contributed by atoms with Crippen LogP contribution in [-0.2, 0) is 4.74 Å². The van der Waals surface area contributed by atoms with Crippen LogP contribution in [0.4, 0.5) is 0 Å². The highest BCUT2D eigenvalue weighted by Crippen LogP contribution is 2.21. The van der Waals surface area contributed by atoms with E-state index in [4.69, 9.17) is 4.74 Å². The second-order valence-electron chi connectivity index (χ2n) is 5.77. The van der Waals surface area contributed by atoms with E-state index in [1.807, 2.05) is 24.3 Å². The SMILES string of the molecule is CC(=O)c1ccc(SCCOC2CCCCCCC2)cc1. The van der Waals surface area contributed by atoms with Gasteiger partial charge in [0.2, 0.25) is 0 Å². The van der Waals surface area contributed by atoms with Crippen molar-refractivity contribution in [3.63, 3.8) is 0 Å². The van der Waals surface area contributed by atoms with Gasteiger partial charge >= 0.3 is 0 Å². The highest BCUT2D eigenvalue weighted by atomic mass is 32.2. The Morgan fingerprint density at radius 2 is 1.71 bits per heavy atom. The fourth-order valence-electron chi connectivity index (χ4n) is 2.75. The van der Waals surface area contributed by atoms with Gasteiger partial charge in [-0.25, -0.2) is 0 Å². The van der Waals surface area contributed by atoms with Crippen LogP contribution in [-0.4, -0.2) is 24.2 Å². The van der Waals surface area contributed by atoms with Crippen molar-refractivity contribution >= 4 is 17.5 Å². The van der Waals surface area contributed by atoms with Crippen molar-refractivity contribution in [3.05, 3.63) is 29.8 Å². The lowest BCUT2D eigenvalue weighted by Gasteiger charge is -2.20. The summed E-state index contributed by atoms with van der Waals surface area (Å²) in [4.78, 5) is 12.4. The van der Waals surface area contributed by atoms with Crippen LogP contribution in [0.3, 0.4) is 0 Å². The highest BCUT2D eigenvalue weighted by Gasteiger charge is 2.11. The molecule has 1 aromatic carbocycles. The average Bonchev–Trinajstić information content (AvgIpc) is 2.45. The molecule has 1 aromatic rings. The first kappa shape index (κ1) is 16.6. The molecule has 2 nitrogen and oxygen atoms in total. The molecular formula is C18H26O2S. The van der Waals surface area contributed by atoms with Gasteiger partial charge in [-0.3, -0.25) is 4.79 Å². The van der Waals surface area contributed by atoms with Gasteiger partial charge < -0.3 is 4.74 Å². The molecule has 0 radical (unpaired) electrons. The number of thioether (sulfide) groups is 1. The number of hydrogen-bond acceptors (Lipinski definition) is 3. The van der Waals surface area contributed by atoms with Crippen molar-refractivity contribution in [3.8, 4) is 0 Å². The van der Waals surface area contributed by atoms with E-state index in [-0.39, 0.29) is 5.78 Å². The fourth-order valence-corrected chi connectivity index (χ4v) is 3.49. The van der Waals surface area contributed by atoms with E-state index < -0.39 is 0 Å². The second-order valence-corrected chi connectivity index (χ2v) is 6.94. The molecule has 1 fully saturated rings. The summed E-state index contributed by atoms with van der Waals surface area (Å²) in [7, 11) is 0. The molecule has 0 saturated heterocycles.